The SMILES string of the molecule is CC1(C)CC(N=C=O)CC(C)(CNC(=O)NCc2ncccc2F)C1. The summed E-state index contributed by atoms with van der Waals surface area (Å²) in [4.78, 5) is 30.4. The molecule has 0 bridgehead atoms. The van der Waals surface area contributed by atoms with Crippen molar-refractivity contribution in [2.45, 2.75) is 52.6 Å². The van der Waals surface area contributed by atoms with Gasteiger partial charge in [0.05, 0.1) is 18.3 Å². The molecule has 0 aliphatic heterocycles. The summed E-state index contributed by atoms with van der Waals surface area (Å²) >= 11 is 0. The quantitative estimate of drug-likeness (QED) is 0.634. The summed E-state index contributed by atoms with van der Waals surface area (Å²) in [6.07, 6.45) is 5.61. The number of aromatic nitrogens is 1. The van der Waals surface area contributed by atoms with Crippen LogP contribution in [0.3, 0.4) is 0 Å². The number of halogens is 1. The van der Waals surface area contributed by atoms with E-state index in [-0.39, 0.29) is 35.1 Å². The number of hydrogen-bond acceptors (Lipinski definition) is 4. The predicted octanol–water partition coefficient (Wildman–Crippen LogP) is 2.94. The monoisotopic (exact) mass is 348 g/mol. The highest BCUT2D eigenvalue weighted by Crippen LogP contribution is 2.46. The van der Waals surface area contributed by atoms with Gasteiger partial charge in [0.15, 0.2) is 0 Å². The number of nitrogens with one attached hydrogen (secondary N) is 2. The molecule has 0 aromatic carbocycles. The third kappa shape index (κ3) is 5.64. The fourth-order valence-corrected chi connectivity index (χ4v) is 3.95. The minimum atomic E-state index is -0.446. The first-order valence-corrected chi connectivity index (χ1v) is 8.41. The summed E-state index contributed by atoms with van der Waals surface area (Å²) in [6, 6.07) is 2.37. The second-order valence-electron chi connectivity index (χ2n) is 7.90. The summed E-state index contributed by atoms with van der Waals surface area (Å²) in [7, 11) is 0. The molecule has 6 nitrogen and oxygen atoms in total. The number of isocyanates is 1. The standard InChI is InChI=1S/C18H25FN4O2/c1-17(2)7-13(23-12-24)8-18(3,10-17)11-22-16(25)21-9-15-14(19)5-4-6-20-15/h4-6,13H,7-11H2,1-3H3,(H2,21,22,25). The Balaban J connectivity index is 1.89. The minimum Gasteiger partial charge on any atom is -0.338 e. The Labute approximate surface area is 147 Å². The van der Waals surface area contributed by atoms with Crippen LogP contribution in [0.1, 0.15) is 45.7 Å². The van der Waals surface area contributed by atoms with Gasteiger partial charge in [-0.1, -0.05) is 20.8 Å². The van der Waals surface area contributed by atoms with Gasteiger partial charge in [-0.05, 0) is 42.2 Å². The van der Waals surface area contributed by atoms with E-state index in [0.29, 0.717) is 6.54 Å². The van der Waals surface area contributed by atoms with E-state index in [1.54, 1.807) is 6.08 Å². The molecule has 1 aliphatic rings. The highest BCUT2D eigenvalue weighted by Gasteiger charge is 2.41. The van der Waals surface area contributed by atoms with E-state index in [1.165, 1.54) is 18.3 Å². The largest absolute Gasteiger partial charge is 0.338 e. The first-order chi connectivity index (χ1) is 11.7. The molecule has 0 radical (unpaired) electrons. The first-order valence-electron chi connectivity index (χ1n) is 8.41. The molecule has 0 spiro atoms. The molecule has 2 rings (SSSR count). The summed E-state index contributed by atoms with van der Waals surface area (Å²) in [6.45, 7) is 6.85. The molecule has 136 valence electrons. The molecule has 2 amide bonds. The van der Waals surface area contributed by atoms with E-state index < -0.39 is 5.82 Å². The van der Waals surface area contributed by atoms with Crippen LogP contribution in [0.4, 0.5) is 9.18 Å². The third-order valence-electron chi connectivity index (χ3n) is 4.58. The van der Waals surface area contributed by atoms with Crippen LogP contribution < -0.4 is 10.6 Å². The average molecular weight is 348 g/mol. The summed E-state index contributed by atoms with van der Waals surface area (Å²) in [5.41, 5.74) is 0.0659. The van der Waals surface area contributed by atoms with Gasteiger partial charge in [-0.15, -0.1) is 0 Å². The minimum absolute atomic E-state index is 0.0266. The Kier molecular flexibility index (Phi) is 5.90. The van der Waals surface area contributed by atoms with Crippen LogP contribution in [-0.2, 0) is 11.3 Å². The molecule has 0 saturated heterocycles. The zero-order chi connectivity index (χ0) is 18.5. The van der Waals surface area contributed by atoms with E-state index in [2.05, 4.69) is 41.4 Å². The number of aliphatic imine (C=N–C) groups is 1. The molecule has 1 heterocycles. The van der Waals surface area contributed by atoms with Crippen LogP contribution in [-0.4, -0.2) is 29.7 Å². The van der Waals surface area contributed by atoms with Crippen molar-refractivity contribution in [2.75, 3.05) is 6.54 Å². The maximum atomic E-state index is 13.5. The zero-order valence-corrected chi connectivity index (χ0v) is 14.9. The van der Waals surface area contributed by atoms with Crippen LogP contribution in [0, 0.1) is 16.6 Å². The van der Waals surface area contributed by atoms with Crippen LogP contribution in [0.25, 0.3) is 0 Å². The number of pyridine rings is 1. The topological polar surface area (TPSA) is 83.5 Å². The van der Waals surface area contributed by atoms with Gasteiger partial charge < -0.3 is 10.6 Å². The third-order valence-corrected chi connectivity index (χ3v) is 4.58. The van der Waals surface area contributed by atoms with Crippen LogP contribution >= 0.6 is 0 Å². The lowest BCUT2D eigenvalue weighted by atomic mass is 9.63. The second kappa shape index (κ2) is 7.74. The van der Waals surface area contributed by atoms with Crippen molar-refractivity contribution in [3.63, 3.8) is 0 Å². The summed E-state index contributed by atoms with van der Waals surface area (Å²) in [5, 5.41) is 5.46. The number of hydrogen-bond donors (Lipinski definition) is 2. The van der Waals surface area contributed by atoms with Gasteiger partial charge in [0.1, 0.15) is 5.82 Å². The van der Waals surface area contributed by atoms with Gasteiger partial charge >= 0.3 is 6.03 Å². The molecule has 1 saturated carbocycles. The van der Waals surface area contributed by atoms with Gasteiger partial charge in [-0.2, -0.15) is 0 Å². The van der Waals surface area contributed by atoms with E-state index >= 15 is 0 Å². The number of carbonyl (C=O) groups is 1. The molecule has 1 aliphatic carbocycles. The van der Waals surface area contributed by atoms with Crippen LogP contribution in [0.5, 0.6) is 0 Å². The fourth-order valence-electron chi connectivity index (χ4n) is 3.95. The Morgan fingerprint density at radius 3 is 2.84 bits per heavy atom. The Morgan fingerprint density at radius 1 is 1.40 bits per heavy atom. The Hall–Kier alpha value is -2.27. The predicted molar refractivity (Wildman–Crippen MR) is 92.1 cm³/mol. The highest BCUT2D eigenvalue weighted by atomic mass is 19.1. The maximum absolute atomic E-state index is 13.5. The van der Waals surface area contributed by atoms with Crippen LogP contribution in [0.2, 0.25) is 0 Å². The molecule has 2 atom stereocenters. The Morgan fingerprint density at radius 2 is 2.16 bits per heavy atom. The molecule has 2 unspecified atom stereocenters. The maximum Gasteiger partial charge on any atom is 0.315 e. The second-order valence-corrected chi connectivity index (χ2v) is 7.90. The van der Waals surface area contributed by atoms with Crippen molar-refractivity contribution in [2.24, 2.45) is 15.8 Å². The normalized spacial score (nSPS) is 24.9. The van der Waals surface area contributed by atoms with Gasteiger partial charge in [-0.25, -0.2) is 19.0 Å². The molecule has 1 aromatic rings. The van der Waals surface area contributed by atoms with Crippen molar-refractivity contribution < 1.29 is 14.0 Å². The lowest BCUT2D eigenvalue weighted by Gasteiger charge is -2.45. The molecule has 1 fully saturated rings. The number of rotatable bonds is 5. The lowest BCUT2D eigenvalue weighted by molar-refractivity contribution is 0.0850. The average Bonchev–Trinajstić information content (AvgIpc) is 2.51. The van der Waals surface area contributed by atoms with Gasteiger partial charge in [0, 0.05) is 12.7 Å². The van der Waals surface area contributed by atoms with E-state index in [0.717, 1.165) is 19.3 Å². The molecule has 7 heteroatoms. The zero-order valence-electron chi connectivity index (χ0n) is 14.9. The summed E-state index contributed by atoms with van der Waals surface area (Å²) in [5.74, 6) is -0.446. The number of amides is 2. The number of carbonyl (C=O) groups excluding carboxylic acids is 2. The summed E-state index contributed by atoms with van der Waals surface area (Å²) < 4.78 is 13.5. The number of nitrogens with zero attached hydrogens (tertiary/aromatic N) is 2. The van der Waals surface area contributed by atoms with Gasteiger partial charge in [0.25, 0.3) is 0 Å². The molecule has 25 heavy (non-hydrogen) atoms. The molecule has 2 N–H and O–H groups in total. The van der Waals surface area contributed by atoms with Crippen molar-refractivity contribution in [3.8, 4) is 0 Å². The van der Waals surface area contributed by atoms with Crippen molar-refractivity contribution in [3.05, 3.63) is 29.8 Å². The van der Waals surface area contributed by atoms with Crippen molar-refractivity contribution in [1.82, 2.24) is 15.6 Å². The molecular weight excluding hydrogens is 323 g/mol. The van der Waals surface area contributed by atoms with Crippen LogP contribution in [0.15, 0.2) is 23.3 Å². The van der Waals surface area contributed by atoms with Crippen molar-refractivity contribution >= 4 is 12.1 Å². The molecular formula is C18H25FN4O2. The highest BCUT2D eigenvalue weighted by molar-refractivity contribution is 5.73. The van der Waals surface area contributed by atoms with E-state index in [1.807, 2.05) is 0 Å². The lowest BCUT2D eigenvalue weighted by Crippen LogP contribution is -2.47. The fraction of sp³-hybridized carbons (Fsp3) is 0.611. The smallest absolute Gasteiger partial charge is 0.315 e. The number of urea groups is 1. The Bertz CT molecular complexity index is 673. The van der Waals surface area contributed by atoms with E-state index in [9.17, 15) is 14.0 Å². The van der Waals surface area contributed by atoms with E-state index in [4.69, 9.17) is 0 Å². The van der Waals surface area contributed by atoms with Gasteiger partial charge in [0.2, 0.25) is 6.08 Å². The van der Waals surface area contributed by atoms with Gasteiger partial charge in [-0.3, -0.25) is 4.98 Å². The first kappa shape index (κ1) is 19.1. The molecule has 1 aromatic heterocycles. The van der Waals surface area contributed by atoms with Crippen molar-refractivity contribution in [1.29, 1.82) is 0 Å².